The second kappa shape index (κ2) is 5.32. The second-order valence-corrected chi connectivity index (χ2v) is 2.69. The van der Waals surface area contributed by atoms with Crippen LogP contribution in [0.1, 0.15) is 11.7 Å². The third kappa shape index (κ3) is 2.87. The molecule has 0 aliphatic carbocycles. The standard InChI is InChI=1S/C10H13NO2/c1-11-7-10(13-8-12)9-5-3-2-4-6-9/h2-6,8,10-11H,7H2,1H3/t10-/m1/s1. The van der Waals surface area contributed by atoms with Gasteiger partial charge in [-0.2, -0.15) is 0 Å². The molecular weight excluding hydrogens is 166 g/mol. The summed E-state index contributed by atoms with van der Waals surface area (Å²) in [6, 6.07) is 9.65. The summed E-state index contributed by atoms with van der Waals surface area (Å²) in [7, 11) is 1.82. The molecule has 0 fully saturated rings. The van der Waals surface area contributed by atoms with Gasteiger partial charge in [-0.3, -0.25) is 4.79 Å². The molecule has 0 aliphatic rings. The van der Waals surface area contributed by atoms with Crippen LogP contribution >= 0.6 is 0 Å². The molecule has 0 bridgehead atoms. The Morgan fingerprint density at radius 1 is 1.46 bits per heavy atom. The zero-order chi connectivity index (χ0) is 9.52. The summed E-state index contributed by atoms with van der Waals surface area (Å²) in [5.41, 5.74) is 1.00. The average Bonchev–Trinajstić information content (AvgIpc) is 2.19. The zero-order valence-corrected chi connectivity index (χ0v) is 7.57. The van der Waals surface area contributed by atoms with E-state index in [4.69, 9.17) is 4.74 Å². The van der Waals surface area contributed by atoms with Gasteiger partial charge >= 0.3 is 0 Å². The van der Waals surface area contributed by atoms with E-state index in [1.807, 2.05) is 37.4 Å². The number of nitrogens with one attached hydrogen (secondary N) is 1. The summed E-state index contributed by atoms with van der Waals surface area (Å²) in [5.74, 6) is 0. The first-order chi connectivity index (χ1) is 6.38. The van der Waals surface area contributed by atoms with Gasteiger partial charge in [0.1, 0.15) is 6.10 Å². The van der Waals surface area contributed by atoms with Crippen molar-refractivity contribution in [2.24, 2.45) is 0 Å². The van der Waals surface area contributed by atoms with Crippen LogP contribution in [0.3, 0.4) is 0 Å². The Kier molecular flexibility index (Phi) is 3.99. The quantitative estimate of drug-likeness (QED) is 0.688. The first-order valence-electron chi connectivity index (χ1n) is 4.17. The largest absolute Gasteiger partial charge is 0.458 e. The van der Waals surface area contributed by atoms with E-state index in [1.54, 1.807) is 0 Å². The number of ether oxygens (including phenoxy) is 1. The highest BCUT2D eigenvalue weighted by atomic mass is 16.5. The molecule has 0 aliphatic heterocycles. The lowest BCUT2D eigenvalue weighted by molar-refractivity contribution is -0.133. The Balaban J connectivity index is 2.69. The van der Waals surface area contributed by atoms with Gasteiger partial charge in [0.25, 0.3) is 6.47 Å². The summed E-state index contributed by atoms with van der Waals surface area (Å²) >= 11 is 0. The molecule has 3 nitrogen and oxygen atoms in total. The van der Waals surface area contributed by atoms with Crippen LogP contribution in [-0.4, -0.2) is 20.1 Å². The topological polar surface area (TPSA) is 38.3 Å². The highest BCUT2D eigenvalue weighted by Gasteiger charge is 2.09. The van der Waals surface area contributed by atoms with Crippen molar-refractivity contribution in [1.82, 2.24) is 5.32 Å². The van der Waals surface area contributed by atoms with Crippen LogP contribution in [0.4, 0.5) is 0 Å². The lowest BCUT2D eigenvalue weighted by atomic mass is 10.1. The van der Waals surface area contributed by atoms with Crippen LogP contribution in [0.5, 0.6) is 0 Å². The summed E-state index contributed by atoms with van der Waals surface area (Å²) in [6.45, 7) is 1.11. The first-order valence-corrected chi connectivity index (χ1v) is 4.17. The van der Waals surface area contributed by atoms with Crippen LogP contribution in [0.15, 0.2) is 30.3 Å². The molecule has 0 amide bonds. The third-order valence-electron chi connectivity index (χ3n) is 1.78. The molecule has 0 aromatic heterocycles. The van der Waals surface area contributed by atoms with Crippen molar-refractivity contribution in [3.8, 4) is 0 Å². The molecular formula is C10H13NO2. The predicted molar refractivity (Wildman–Crippen MR) is 50.3 cm³/mol. The SMILES string of the molecule is CNC[C@@H](OC=O)c1ccccc1. The molecule has 0 unspecified atom stereocenters. The molecule has 1 atom stereocenters. The number of likely N-dealkylation sites (N-methyl/N-ethyl adjacent to an activating group) is 1. The number of carbonyl (C=O) groups excluding carboxylic acids is 1. The maximum atomic E-state index is 10.2. The van der Waals surface area contributed by atoms with E-state index in [9.17, 15) is 4.79 Å². The van der Waals surface area contributed by atoms with Gasteiger partial charge in [0, 0.05) is 6.54 Å². The maximum Gasteiger partial charge on any atom is 0.293 e. The molecule has 0 saturated carbocycles. The fourth-order valence-electron chi connectivity index (χ4n) is 1.16. The van der Waals surface area contributed by atoms with E-state index in [0.717, 1.165) is 5.56 Å². The Bertz CT molecular complexity index is 248. The molecule has 0 spiro atoms. The molecule has 0 heterocycles. The molecule has 1 rings (SSSR count). The number of carbonyl (C=O) groups is 1. The lowest BCUT2D eigenvalue weighted by Crippen LogP contribution is -2.19. The number of hydrogen-bond acceptors (Lipinski definition) is 3. The number of hydrogen-bond donors (Lipinski definition) is 1. The molecule has 13 heavy (non-hydrogen) atoms. The summed E-state index contributed by atoms with van der Waals surface area (Å²) in [4.78, 5) is 10.2. The van der Waals surface area contributed by atoms with E-state index in [-0.39, 0.29) is 6.10 Å². The van der Waals surface area contributed by atoms with Gasteiger partial charge in [0.05, 0.1) is 0 Å². The van der Waals surface area contributed by atoms with Gasteiger partial charge in [-0.05, 0) is 12.6 Å². The summed E-state index contributed by atoms with van der Waals surface area (Å²) in [6.07, 6.45) is -0.191. The van der Waals surface area contributed by atoms with Crippen LogP contribution in [-0.2, 0) is 9.53 Å². The monoisotopic (exact) mass is 179 g/mol. The van der Waals surface area contributed by atoms with Crippen molar-refractivity contribution in [2.75, 3.05) is 13.6 Å². The van der Waals surface area contributed by atoms with Gasteiger partial charge in [-0.1, -0.05) is 30.3 Å². The average molecular weight is 179 g/mol. The highest BCUT2D eigenvalue weighted by Crippen LogP contribution is 2.14. The Morgan fingerprint density at radius 2 is 2.15 bits per heavy atom. The van der Waals surface area contributed by atoms with Gasteiger partial charge in [0.15, 0.2) is 0 Å². The molecule has 70 valence electrons. The van der Waals surface area contributed by atoms with Crippen molar-refractivity contribution >= 4 is 6.47 Å². The minimum atomic E-state index is -0.191. The van der Waals surface area contributed by atoms with Crippen molar-refractivity contribution in [1.29, 1.82) is 0 Å². The van der Waals surface area contributed by atoms with E-state index in [2.05, 4.69) is 5.32 Å². The fourth-order valence-corrected chi connectivity index (χ4v) is 1.16. The van der Waals surface area contributed by atoms with Crippen LogP contribution < -0.4 is 5.32 Å². The lowest BCUT2D eigenvalue weighted by Gasteiger charge is -2.14. The smallest absolute Gasteiger partial charge is 0.293 e. The highest BCUT2D eigenvalue weighted by molar-refractivity contribution is 5.38. The molecule has 3 heteroatoms. The van der Waals surface area contributed by atoms with E-state index in [0.29, 0.717) is 13.0 Å². The second-order valence-electron chi connectivity index (χ2n) is 2.69. The van der Waals surface area contributed by atoms with E-state index in [1.165, 1.54) is 0 Å². The van der Waals surface area contributed by atoms with Crippen molar-refractivity contribution in [3.63, 3.8) is 0 Å². The van der Waals surface area contributed by atoms with Gasteiger partial charge in [-0.25, -0.2) is 0 Å². The fraction of sp³-hybridized carbons (Fsp3) is 0.300. The van der Waals surface area contributed by atoms with Crippen LogP contribution in [0.25, 0.3) is 0 Å². The van der Waals surface area contributed by atoms with Crippen molar-refractivity contribution in [3.05, 3.63) is 35.9 Å². The Labute approximate surface area is 77.7 Å². The molecule has 0 saturated heterocycles. The summed E-state index contributed by atoms with van der Waals surface area (Å²) in [5, 5.41) is 2.97. The van der Waals surface area contributed by atoms with E-state index < -0.39 is 0 Å². The van der Waals surface area contributed by atoms with Gasteiger partial charge in [0.2, 0.25) is 0 Å². The van der Waals surface area contributed by atoms with Gasteiger partial charge < -0.3 is 10.1 Å². The first kappa shape index (κ1) is 9.74. The number of rotatable bonds is 5. The maximum absolute atomic E-state index is 10.2. The normalized spacial score (nSPS) is 12.1. The Morgan fingerprint density at radius 3 is 2.69 bits per heavy atom. The molecule has 1 N–H and O–H groups in total. The zero-order valence-electron chi connectivity index (χ0n) is 7.57. The number of benzene rings is 1. The van der Waals surface area contributed by atoms with Crippen LogP contribution in [0, 0.1) is 0 Å². The van der Waals surface area contributed by atoms with E-state index >= 15 is 0 Å². The minimum Gasteiger partial charge on any atom is -0.458 e. The molecule has 0 radical (unpaired) electrons. The molecule has 1 aromatic carbocycles. The van der Waals surface area contributed by atoms with Crippen molar-refractivity contribution in [2.45, 2.75) is 6.10 Å². The molecule has 1 aromatic rings. The van der Waals surface area contributed by atoms with Crippen LogP contribution in [0.2, 0.25) is 0 Å². The Hall–Kier alpha value is -1.35. The minimum absolute atomic E-state index is 0.191. The predicted octanol–water partition coefficient (Wildman–Crippen LogP) is 1.12. The third-order valence-corrected chi connectivity index (χ3v) is 1.78. The van der Waals surface area contributed by atoms with Crippen molar-refractivity contribution < 1.29 is 9.53 Å². The van der Waals surface area contributed by atoms with Gasteiger partial charge in [-0.15, -0.1) is 0 Å². The summed E-state index contributed by atoms with van der Waals surface area (Å²) < 4.78 is 4.93.